The highest BCUT2D eigenvalue weighted by Gasteiger charge is 2.29. The number of rotatable bonds is 6. The van der Waals surface area contributed by atoms with Crippen LogP contribution in [0.2, 0.25) is 5.02 Å². The van der Waals surface area contributed by atoms with Crippen LogP contribution < -0.4 is 10.4 Å². The fraction of sp³-hybridized carbons (Fsp3) is 0.417. The normalized spacial score (nSPS) is 18.8. The number of aromatic nitrogens is 5. The quantitative estimate of drug-likeness (QED) is 0.426. The van der Waals surface area contributed by atoms with Crippen molar-refractivity contribution in [3.63, 3.8) is 0 Å². The van der Waals surface area contributed by atoms with Crippen LogP contribution in [0.25, 0.3) is 21.9 Å². The average Bonchev–Trinajstić information content (AvgIpc) is 3.63. The van der Waals surface area contributed by atoms with Gasteiger partial charge in [-0.3, -0.25) is 14.1 Å². The molecule has 0 bridgehead atoms. The highest BCUT2D eigenvalue weighted by atomic mass is 35.5. The molecule has 6 rings (SSSR count). The molecule has 1 atom stereocenters. The largest absolute Gasteiger partial charge is 0.474 e. The SMILES string of the molecule is O=c1n(Cc2nc(OCC3CCCCO3)c3ccc(Cl)cc3n2)c2cnccc2n1C1CC1. The first kappa shape index (κ1) is 20.6. The van der Waals surface area contributed by atoms with E-state index in [0.29, 0.717) is 28.9 Å². The number of imidazole rings is 1. The van der Waals surface area contributed by atoms with E-state index in [-0.39, 0.29) is 24.4 Å². The first-order valence-electron chi connectivity index (χ1n) is 11.4. The van der Waals surface area contributed by atoms with Gasteiger partial charge in [0.2, 0.25) is 5.88 Å². The van der Waals surface area contributed by atoms with Gasteiger partial charge in [0.05, 0.1) is 40.8 Å². The zero-order valence-corrected chi connectivity index (χ0v) is 18.9. The van der Waals surface area contributed by atoms with Crippen molar-refractivity contribution in [2.24, 2.45) is 0 Å². The molecule has 33 heavy (non-hydrogen) atoms. The summed E-state index contributed by atoms with van der Waals surface area (Å²) in [5, 5.41) is 1.37. The van der Waals surface area contributed by atoms with Gasteiger partial charge in [-0.05, 0) is 56.4 Å². The molecule has 1 unspecified atom stereocenters. The third-order valence-electron chi connectivity index (χ3n) is 6.33. The molecule has 1 saturated heterocycles. The molecule has 1 aromatic carbocycles. The van der Waals surface area contributed by atoms with Gasteiger partial charge in [0.1, 0.15) is 6.61 Å². The molecule has 9 heteroatoms. The first-order chi connectivity index (χ1) is 16.2. The van der Waals surface area contributed by atoms with Crippen LogP contribution >= 0.6 is 11.6 Å². The Morgan fingerprint density at radius 2 is 2.03 bits per heavy atom. The van der Waals surface area contributed by atoms with E-state index < -0.39 is 0 Å². The lowest BCUT2D eigenvalue weighted by Crippen LogP contribution is -2.26. The topological polar surface area (TPSA) is 84.1 Å². The molecule has 8 nitrogen and oxygen atoms in total. The van der Waals surface area contributed by atoms with Crippen LogP contribution in [0.4, 0.5) is 0 Å². The third-order valence-corrected chi connectivity index (χ3v) is 6.56. The van der Waals surface area contributed by atoms with E-state index >= 15 is 0 Å². The predicted octanol–water partition coefficient (Wildman–Crippen LogP) is 4.13. The van der Waals surface area contributed by atoms with Crippen molar-refractivity contribution in [1.82, 2.24) is 24.1 Å². The molecular weight excluding hydrogens is 442 g/mol. The third kappa shape index (κ3) is 3.98. The van der Waals surface area contributed by atoms with E-state index in [1.165, 1.54) is 0 Å². The van der Waals surface area contributed by atoms with Gasteiger partial charge in [0, 0.05) is 23.9 Å². The Balaban J connectivity index is 1.39. The number of fused-ring (bicyclic) bond motifs is 2. The van der Waals surface area contributed by atoms with Crippen LogP contribution in [0.5, 0.6) is 5.88 Å². The van der Waals surface area contributed by atoms with Gasteiger partial charge in [0.25, 0.3) is 0 Å². The van der Waals surface area contributed by atoms with Crippen molar-refractivity contribution in [3.8, 4) is 5.88 Å². The Kier molecular flexibility index (Phi) is 5.27. The van der Waals surface area contributed by atoms with Gasteiger partial charge in [-0.25, -0.2) is 9.78 Å². The number of ether oxygens (including phenoxy) is 2. The van der Waals surface area contributed by atoms with Gasteiger partial charge in [-0.1, -0.05) is 11.6 Å². The highest BCUT2D eigenvalue weighted by molar-refractivity contribution is 6.31. The van der Waals surface area contributed by atoms with Crippen LogP contribution in [0, 0.1) is 0 Å². The number of nitrogens with zero attached hydrogens (tertiary/aromatic N) is 5. The van der Waals surface area contributed by atoms with Gasteiger partial charge in [0.15, 0.2) is 5.82 Å². The standard InChI is InChI=1S/C24H24ClN5O3/c25-15-4-7-18-19(11-15)27-22(28-23(18)33-14-17-3-1-2-10-32-17)13-29-21-12-26-9-8-20(21)30(24(29)31)16-5-6-16/h4,7-9,11-12,16-17H,1-3,5-6,10,13-14H2. The van der Waals surface area contributed by atoms with Gasteiger partial charge >= 0.3 is 5.69 Å². The lowest BCUT2D eigenvalue weighted by Gasteiger charge is -2.22. The Labute approximate surface area is 195 Å². The first-order valence-corrected chi connectivity index (χ1v) is 11.8. The summed E-state index contributed by atoms with van der Waals surface area (Å²) in [6, 6.07) is 7.62. The minimum absolute atomic E-state index is 0.0599. The summed E-state index contributed by atoms with van der Waals surface area (Å²) in [5.41, 5.74) is 2.30. The summed E-state index contributed by atoms with van der Waals surface area (Å²) < 4.78 is 15.5. The van der Waals surface area contributed by atoms with E-state index in [1.54, 1.807) is 29.1 Å². The monoisotopic (exact) mass is 465 g/mol. The lowest BCUT2D eigenvalue weighted by atomic mass is 10.1. The minimum Gasteiger partial charge on any atom is -0.474 e. The van der Waals surface area contributed by atoms with Crippen molar-refractivity contribution in [3.05, 3.63) is 58.0 Å². The molecule has 2 fully saturated rings. The Morgan fingerprint density at radius 3 is 2.85 bits per heavy atom. The Bertz CT molecular complexity index is 1390. The molecule has 0 radical (unpaired) electrons. The second-order valence-corrected chi connectivity index (χ2v) is 9.18. The molecule has 0 amide bonds. The molecule has 0 N–H and O–H groups in total. The van der Waals surface area contributed by atoms with Crippen LogP contribution in [0.15, 0.2) is 41.5 Å². The maximum absolute atomic E-state index is 13.3. The minimum atomic E-state index is -0.0617. The Hall–Kier alpha value is -2.97. The number of hydrogen-bond donors (Lipinski definition) is 0. The smallest absolute Gasteiger partial charge is 0.329 e. The highest BCUT2D eigenvalue weighted by Crippen LogP contribution is 2.36. The average molecular weight is 466 g/mol. The zero-order valence-electron chi connectivity index (χ0n) is 18.1. The van der Waals surface area contributed by atoms with Crippen molar-refractivity contribution in [2.75, 3.05) is 13.2 Å². The molecule has 1 saturated carbocycles. The van der Waals surface area contributed by atoms with E-state index in [1.807, 2.05) is 16.7 Å². The molecule has 1 aliphatic carbocycles. The van der Waals surface area contributed by atoms with E-state index in [2.05, 4.69) is 4.98 Å². The van der Waals surface area contributed by atoms with Gasteiger partial charge in [-0.15, -0.1) is 0 Å². The maximum Gasteiger partial charge on any atom is 0.329 e. The van der Waals surface area contributed by atoms with Crippen molar-refractivity contribution < 1.29 is 9.47 Å². The molecule has 4 aromatic rings. The van der Waals surface area contributed by atoms with E-state index in [0.717, 1.165) is 55.1 Å². The molecule has 4 heterocycles. The molecule has 170 valence electrons. The number of hydrogen-bond acceptors (Lipinski definition) is 6. The summed E-state index contributed by atoms with van der Waals surface area (Å²) in [6.45, 7) is 1.42. The lowest BCUT2D eigenvalue weighted by molar-refractivity contribution is -0.0116. The number of benzene rings is 1. The van der Waals surface area contributed by atoms with Crippen molar-refractivity contribution >= 4 is 33.5 Å². The zero-order chi connectivity index (χ0) is 22.4. The molecule has 3 aromatic heterocycles. The van der Waals surface area contributed by atoms with Crippen LogP contribution in [0.1, 0.15) is 44.0 Å². The van der Waals surface area contributed by atoms with Crippen LogP contribution in [0.3, 0.4) is 0 Å². The molecule has 0 spiro atoms. The second kappa shape index (κ2) is 8.43. The van der Waals surface area contributed by atoms with Crippen molar-refractivity contribution in [1.29, 1.82) is 0 Å². The summed E-state index contributed by atoms with van der Waals surface area (Å²) in [5.74, 6) is 0.975. The summed E-state index contributed by atoms with van der Waals surface area (Å²) in [7, 11) is 0. The summed E-state index contributed by atoms with van der Waals surface area (Å²) in [6.07, 6.45) is 8.76. The molecule has 2 aliphatic rings. The molecule has 1 aliphatic heterocycles. The van der Waals surface area contributed by atoms with Gasteiger partial charge < -0.3 is 9.47 Å². The fourth-order valence-corrected chi connectivity index (χ4v) is 4.68. The maximum atomic E-state index is 13.3. The van der Waals surface area contributed by atoms with E-state index in [9.17, 15) is 4.79 Å². The number of halogens is 1. The van der Waals surface area contributed by atoms with Crippen LogP contribution in [-0.2, 0) is 11.3 Å². The van der Waals surface area contributed by atoms with Crippen LogP contribution in [-0.4, -0.2) is 43.4 Å². The number of pyridine rings is 1. The fourth-order valence-electron chi connectivity index (χ4n) is 4.52. The van der Waals surface area contributed by atoms with E-state index in [4.69, 9.17) is 31.0 Å². The van der Waals surface area contributed by atoms with Crippen molar-refractivity contribution in [2.45, 2.75) is 50.8 Å². The predicted molar refractivity (Wildman–Crippen MR) is 125 cm³/mol. The van der Waals surface area contributed by atoms with Gasteiger partial charge in [-0.2, -0.15) is 4.98 Å². The Morgan fingerprint density at radius 1 is 1.12 bits per heavy atom. The molecular formula is C24H24ClN5O3. The second-order valence-electron chi connectivity index (χ2n) is 8.74. The summed E-state index contributed by atoms with van der Waals surface area (Å²) >= 11 is 6.24. The summed E-state index contributed by atoms with van der Waals surface area (Å²) in [4.78, 5) is 26.9.